The molecule has 37 heavy (non-hydrogen) atoms. The van der Waals surface area contributed by atoms with Gasteiger partial charge in [0.2, 0.25) is 0 Å². The third-order valence-corrected chi connectivity index (χ3v) is 7.90. The molecule has 192 valence electrons. The second-order valence-electron chi connectivity index (χ2n) is 9.74. The minimum absolute atomic E-state index is 0.0306. The van der Waals surface area contributed by atoms with E-state index in [1.54, 1.807) is 11.3 Å². The lowest BCUT2D eigenvalue weighted by molar-refractivity contribution is -0.137. The zero-order valence-electron chi connectivity index (χ0n) is 21.2. The second kappa shape index (κ2) is 11.4. The number of ether oxygens (including phenoxy) is 3. The smallest absolute Gasteiger partial charge is 0.303 e. The number of carboxylic acids is 1. The lowest BCUT2D eigenvalue weighted by Crippen LogP contribution is -2.25. The number of carboxylic acid groups (broad SMARTS) is 1. The van der Waals surface area contributed by atoms with E-state index >= 15 is 0 Å². The van der Waals surface area contributed by atoms with Crippen LogP contribution in [0.1, 0.15) is 48.8 Å². The first kappa shape index (κ1) is 25.3. The van der Waals surface area contributed by atoms with Gasteiger partial charge >= 0.3 is 5.97 Å². The number of benzene rings is 3. The molecule has 3 aromatic carbocycles. The van der Waals surface area contributed by atoms with Crippen LogP contribution in [0.2, 0.25) is 0 Å². The highest BCUT2D eigenvalue weighted by Gasteiger charge is 2.17. The molecule has 4 aromatic rings. The SMILES string of the molecule is Cc1cc(OC2CCOCC2)ccc1-c1csc2ccc(COc3ccc([C@@H](C)CC(=O)O)cc3)cc12. The molecule has 0 spiro atoms. The molecule has 0 amide bonds. The van der Waals surface area contributed by atoms with Crippen LogP contribution in [0.3, 0.4) is 0 Å². The van der Waals surface area contributed by atoms with Crippen molar-refractivity contribution in [3.63, 3.8) is 0 Å². The van der Waals surface area contributed by atoms with E-state index in [4.69, 9.17) is 19.3 Å². The second-order valence-corrected chi connectivity index (χ2v) is 10.7. The average molecular weight is 517 g/mol. The fourth-order valence-corrected chi connectivity index (χ4v) is 5.75. The molecule has 1 aliphatic rings. The molecule has 1 fully saturated rings. The van der Waals surface area contributed by atoms with Crippen molar-refractivity contribution < 1.29 is 24.1 Å². The van der Waals surface area contributed by atoms with Gasteiger partial charge in [0.05, 0.1) is 19.6 Å². The largest absolute Gasteiger partial charge is 0.490 e. The quantitative estimate of drug-likeness (QED) is 0.248. The number of carbonyl (C=O) groups is 1. The van der Waals surface area contributed by atoms with Crippen molar-refractivity contribution >= 4 is 27.4 Å². The van der Waals surface area contributed by atoms with Gasteiger partial charge < -0.3 is 19.3 Å². The van der Waals surface area contributed by atoms with Crippen LogP contribution in [0, 0.1) is 6.92 Å². The Labute approximate surface area is 221 Å². The van der Waals surface area contributed by atoms with Crippen molar-refractivity contribution in [2.24, 2.45) is 0 Å². The number of hydrogen-bond donors (Lipinski definition) is 1. The zero-order chi connectivity index (χ0) is 25.8. The van der Waals surface area contributed by atoms with E-state index in [1.165, 1.54) is 26.8 Å². The maximum atomic E-state index is 11.0. The van der Waals surface area contributed by atoms with Crippen LogP contribution in [0.15, 0.2) is 66.0 Å². The number of thiophene rings is 1. The van der Waals surface area contributed by atoms with Crippen LogP contribution in [-0.2, 0) is 16.1 Å². The van der Waals surface area contributed by atoms with Gasteiger partial charge in [-0.3, -0.25) is 4.79 Å². The van der Waals surface area contributed by atoms with Crippen LogP contribution >= 0.6 is 11.3 Å². The zero-order valence-corrected chi connectivity index (χ0v) is 22.1. The van der Waals surface area contributed by atoms with Crippen molar-refractivity contribution in [2.45, 2.75) is 51.7 Å². The summed E-state index contributed by atoms with van der Waals surface area (Å²) in [5.74, 6) is 0.875. The first-order valence-electron chi connectivity index (χ1n) is 12.8. The number of aryl methyl sites for hydroxylation is 1. The molecule has 1 saturated heterocycles. The fourth-order valence-electron chi connectivity index (χ4n) is 4.81. The van der Waals surface area contributed by atoms with E-state index in [9.17, 15) is 4.79 Å². The minimum Gasteiger partial charge on any atom is -0.490 e. The van der Waals surface area contributed by atoms with E-state index < -0.39 is 5.97 Å². The fraction of sp³-hybridized carbons (Fsp3) is 0.323. The van der Waals surface area contributed by atoms with E-state index in [0.717, 1.165) is 48.7 Å². The van der Waals surface area contributed by atoms with Crippen LogP contribution in [0.25, 0.3) is 21.2 Å². The predicted molar refractivity (Wildman–Crippen MR) is 148 cm³/mol. The molecule has 5 nitrogen and oxygen atoms in total. The maximum absolute atomic E-state index is 11.0. The highest BCUT2D eigenvalue weighted by Crippen LogP contribution is 2.37. The van der Waals surface area contributed by atoms with E-state index in [-0.39, 0.29) is 18.4 Å². The molecule has 2 heterocycles. The van der Waals surface area contributed by atoms with Crippen LogP contribution < -0.4 is 9.47 Å². The van der Waals surface area contributed by atoms with E-state index in [0.29, 0.717) is 6.61 Å². The van der Waals surface area contributed by atoms with Gasteiger partial charge in [-0.25, -0.2) is 0 Å². The Bertz CT molecular complexity index is 1370. The summed E-state index contributed by atoms with van der Waals surface area (Å²) in [6.07, 6.45) is 2.23. The summed E-state index contributed by atoms with van der Waals surface area (Å²) < 4.78 is 18.9. The molecule has 1 N–H and O–H groups in total. The van der Waals surface area contributed by atoms with Gasteiger partial charge in [0.1, 0.15) is 24.2 Å². The number of rotatable bonds is 9. The van der Waals surface area contributed by atoms with Gasteiger partial charge in [0.25, 0.3) is 0 Å². The third kappa shape index (κ3) is 6.14. The molecule has 5 rings (SSSR count). The molecule has 0 unspecified atom stereocenters. The third-order valence-electron chi connectivity index (χ3n) is 6.93. The average Bonchev–Trinajstić information content (AvgIpc) is 3.31. The van der Waals surface area contributed by atoms with E-state index in [1.807, 2.05) is 31.2 Å². The highest BCUT2D eigenvalue weighted by molar-refractivity contribution is 7.17. The lowest BCUT2D eigenvalue weighted by Gasteiger charge is -2.23. The van der Waals surface area contributed by atoms with Gasteiger partial charge in [-0.1, -0.05) is 31.2 Å². The molecule has 1 aliphatic heterocycles. The number of hydrogen-bond acceptors (Lipinski definition) is 5. The van der Waals surface area contributed by atoms with Gasteiger partial charge in [-0.15, -0.1) is 11.3 Å². The Morgan fingerprint density at radius 1 is 1.03 bits per heavy atom. The molecular weight excluding hydrogens is 484 g/mol. The molecule has 0 saturated carbocycles. The van der Waals surface area contributed by atoms with Crippen LogP contribution in [-0.4, -0.2) is 30.4 Å². The summed E-state index contributed by atoms with van der Waals surface area (Å²) in [5, 5.41) is 12.5. The number of fused-ring (bicyclic) bond motifs is 1. The maximum Gasteiger partial charge on any atom is 0.303 e. The molecule has 0 bridgehead atoms. The first-order valence-corrected chi connectivity index (χ1v) is 13.6. The number of aliphatic carboxylic acids is 1. The summed E-state index contributed by atoms with van der Waals surface area (Å²) >= 11 is 1.75. The Balaban J connectivity index is 1.29. The summed E-state index contributed by atoms with van der Waals surface area (Å²) in [7, 11) is 0. The topological polar surface area (TPSA) is 65.0 Å². The van der Waals surface area contributed by atoms with Gasteiger partial charge in [-0.2, -0.15) is 0 Å². The molecular formula is C31H32O5S. The van der Waals surface area contributed by atoms with Crippen molar-refractivity contribution in [3.8, 4) is 22.6 Å². The standard InChI is InChI=1S/C31H32O5S/c1-20(16-31(32)33)23-4-6-24(7-5-23)35-18-22-3-10-30-28(17-22)29(19-37-30)27-9-8-26(15-21(27)2)36-25-11-13-34-14-12-25/h3-10,15,17,19-20,25H,11-14,16,18H2,1-2H3,(H,32,33)/t20-/m0/s1. The lowest BCUT2D eigenvalue weighted by atomic mass is 9.98. The molecule has 0 radical (unpaired) electrons. The van der Waals surface area contributed by atoms with Gasteiger partial charge in [0.15, 0.2) is 0 Å². The molecule has 1 atom stereocenters. The monoisotopic (exact) mass is 516 g/mol. The first-order chi connectivity index (χ1) is 18.0. The summed E-state index contributed by atoms with van der Waals surface area (Å²) in [5.41, 5.74) is 5.75. The van der Waals surface area contributed by atoms with Crippen LogP contribution in [0.5, 0.6) is 11.5 Å². The van der Waals surface area contributed by atoms with Crippen molar-refractivity contribution in [3.05, 3.63) is 82.7 Å². The summed E-state index contributed by atoms with van der Waals surface area (Å²) in [4.78, 5) is 11.0. The van der Waals surface area contributed by atoms with Crippen molar-refractivity contribution in [2.75, 3.05) is 13.2 Å². The summed E-state index contributed by atoms with van der Waals surface area (Å²) in [6, 6.07) is 20.6. The minimum atomic E-state index is -0.787. The highest BCUT2D eigenvalue weighted by atomic mass is 32.1. The Morgan fingerprint density at radius 3 is 2.51 bits per heavy atom. The molecule has 0 aliphatic carbocycles. The van der Waals surface area contributed by atoms with E-state index in [2.05, 4.69) is 48.7 Å². The van der Waals surface area contributed by atoms with Gasteiger partial charge in [-0.05, 0) is 76.9 Å². The summed E-state index contributed by atoms with van der Waals surface area (Å²) in [6.45, 7) is 6.07. The Kier molecular flexibility index (Phi) is 7.77. The Hall–Kier alpha value is -3.35. The van der Waals surface area contributed by atoms with Crippen molar-refractivity contribution in [1.29, 1.82) is 0 Å². The predicted octanol–water partition coefficient (Wildman–Crippen LogP) is 7.59. The van der Waals surface area contributed by atoms with Gasteiger partial charge in [0, 0.05) is 28.5 Å². The molecule has 6 heteroatoms. The van der Waals surface area contributed by atoms with Crippen LogP contribution in [0.4, 0.5) is 0 Å². The van der Waals surface area contributed by atoms with Crippen molar-refractivity contribution in [1.82, 2.24) is 0 Å². The normalized spacial score (nSPS) is 15.0. The Morgan fingerprint density at radius 2 is 1.78 bits per heavy atom. The molecule has 1 aromatic heterocycles.